The van der Waals surface area contributed by atoms with Gasteiger partial charge < -0.3 is 21.1 Å². The van der Waals surface area contributed by atoms with Gasteiger partial charge in [0.1, 0.15) is 0 Å². The fraction of sp³-hybridized carbons (Fsp3) is 0.556. The summed E-state index contributed by atoms with van der Waals surface area (Å²) < 4.78 is 5.55. The number of nitrogens with two attached hydrogens (primary N) is 1. The lowest BCUT2D eigenvalue weighted by Gasteiger charge is -2.30. The summed E-state index contributed by atoms with van der Waals surface area (Å²) >= 11 is 0. The fourth-order valence-corrected chi connectivity index (χ4v) is 2.27. The number of primary amides is 1. The highest BCUT2D eigenvalue weighted by Crippen LogP contribution is 2.20. The number of benzene rings is 1. The monoisotopic (exact) mass is 462 g/mol. The average molecular weight is 462 g/mol. The summed E-state index contributed by atoms with van der Waals surface area (Å²) in [6, 6.07) is 7.20. The maximum atomic E-state index is 11.2. The smallest absolute Gasteiger partial charge is 0.248 e. The van der Waals surface area contributed by atoms with Crippen molar-refractivity contribution in [3.8, 4) is 0 Å². The number of carbonyl (C=O) groups is 1. The molecule has 4 N–H and O–H groups in total. The highest BCUT2D eigenvalue weighted by Gasteiger charge is 2.24. The number of halogens is 1. The Labute approximate surface area is 168 Å². The highest BCUT2D eigenvalue weighted by molar-refractivity contribution is 14.0. The Bertz CT molecular complexity index is 570. The molecule has 0 heterocycles. The second-order valence-electron chi connectivity index (χ2n) is 6.73. The Balaban J connectivity index is 0.00000576. The molecule has 0 aliphatic carbocycles. The molecule has 142 valence electrons. The van der Waals surface area contributed by atoms with Crippen LogP contribution in [0.5, 0.6) is 0 Å². The number of amides is 1. The minimum atomic E-state index is -0.432. The number of rotatable bonds is 7. The maximum absolute atomic E-state index is 11.2. The van der Waals surface area contributed by atoms with Gasteiger partial charge in [0.25, 0.3) is 0 Å². The topological polar surface area (TPSA) is 88.7 Å². The number of hydrogen-bond acceptors (Lipinski definition) is 3. The Kier molecular flexibility index (Phi) is 10.7. The Morgan fingerprint density at radius 3 is 2.52 bits per heavy atom. The van der Waals surface area contributed by atoms with Gasteiger partial charge in [-0.2, -0.15) is 0 Å². The van der Waals surface area contributed by atoms with E-state index < -0.39 is 5.91 Å². The first kappa shape index (κ1) is 23.6. The fourth-order valence-electron chi connectivity index (χ4n) is 2.27. The maximum Gasteiger partial charge on any atom is 0.248 e. The Hall–Kier alpha value is -1.35. The lowest BCUT2D eigenvalue weighted by molar-refractivity contribution is 0.0205. The van der Waals surface area contributed by atoms with E-state index in [0.717, 1.165) is 12.1 Å². The van der Waals surface area contributed by atoms with E-state index in [0.29, 0.717) is 24.6 Å². The van der Waals surface area contributed by atoms with E-state index in [9.17, 15) is 4.79 Å². The molecule has 1 unspecified atom stereocenters. The van der Waals surface area contributed by atoms with Crippen molar-refractivity contribution < 1.29 is 9.53 Å². The zero-order valence-corrected chi connectivity index (χ0v) is 18.1. The first-order valence-corrected chi connectivity index (χ1v) is 8.21. The third-order valence-corrected chi connectivity index (χ3v) is 3.68. The predicted octanol–water partition coefficient (Wildman–Crippen LogP) is 2.52. The summed E-state index contributed by atoms with van der Waals surface area (Å²) in [7, 11) is 1.72. The van der Waals surface area contributed by atoms with Crippen LogP contribution in [0.25, 0.3) is 0 Å². The molecule has 0 saturated heterocycles. The van der Waals surface area contributed by atoms with E-state index in [1.54, 1.807) is 19.2 Å². The van der Waals surface area contributed by atoms with E-state index in [-0.39, 0.29) is 35.5 Å². The van der Waals surface area contributed by atoms with E-state index >= 15 is 0 Å². The van der Waals surface area contributed by atoms with Crippen LogP contribution >= 0.6 is 24.0 Å². The molecule has 1 rings (SSSR count). The van der Waals surface area contributed by atoms with Gasteiger partial charge in [0.15, 0.2) is 5.96 Å². The van der Waals surface area contributed by atoms with Crippen molar-refractivity contribution in [2.24, 2.45) is 16.1 Å². The van der Waals surface area contributed by atoms with Crippen LogP contribution in [0.1, 0.15) is 43.6 Å². The molecule has 0 aromatic heterocycles. The van der Waals surface area contributed by atoms with E-state index in [4.69, 9.17) is 10.5 Å². The molecule has 1 aromatic carbocycles. The average Bonchev–Trinajstić information content (AvgIpc) is 2.52. The normalized spacial score (nSPS) is 12.9. The number of methoxy groups -OCH3 is 1. The van der Waals surface area contributed by atoms with Gasteiger partial charge in [0.2, 0.25) is 5.91 Å². The van der Waals surface area contributed by atoms with Crippen molar-refractivity contribution >= 4 is 35.8 Å². The molecule has 0 fully saturated rings. The molecular formula is C18H31IN4O2. The summed E-state index contributed by atoms with van der Waals surface area (Å²) in [5.74, 6) is 0.284. The lowest BCUT2D eigenvalue weighted by atomic mass is 9.89. The number of nitrogens with zero attached hydrogens (tertiary/aromatic N) is 1. The predicted molar refractivity (Wildman–Crippen MR) is 113 cm³/mol. The van der Waals surface area contributed by atoms with E-state index in [1.165, 1.54) is 0 Å². The van der Waals surface area contributed by atoms with Crippen molar-refractivity contribution in [2.75, 3.05) is 20.2 Å². The minimum Gasteiger partial charge on any atom is -0.379 e. The molecule has 1 atom stereocenters. The minimum absolute atomic E-state index is 0. The number of carbonyl (C=O) groups excluding carboxylic acids is 1. The second-order valence-corrected chi connectivity index (χ2v) is 6.73. The van der Waals surface area contributed by atoms with Gasteiger partial charge in [0.05, 0.1) is 12.6 Å². The Morgan fingerprint density at radius 1 is 1.32 bits per heavy atom. The molecule has 0 spiro atoms. The number of hydrogen-bond donors (Lipinski definition) is 3. The molecule has 6 nitrogen and oxygen atoms in total. The number of ether oxygens (including phenoxy) is 1. The third kappa shape index (κ3) is 8.53. The summed E-state index contributed by atoms with van der Waals surface area (Å²) in [5.41, 5.74) is 6.77. The third-order valence-electron chi connectivity index (χ3n) is 3.68. The van der Waals surface area contributed by atoms with E-state index in [2.05, 4.69) is 36.4 Å². The molecule has 7 heteroatoms. The van der Waals surface area contributed by atoms with Gasteiger partial charge in [-0.25, -0.2) is 4.99 Å². The van der Waals surface area contributed by atoms with Crippen molar-refractivity contribution in [3.63, 3.8) is 0 Å². The summed E-state index contributed by atoms with van der Waals surface area (Å²) in [6.45, 7) is 10.3. The summed E-state index contributed by atoms with van der Waals surface area (Å²) in [5, 5.41) is 6.52. The first-order chi connectivity index (χ1) is 11.3. The molecular weight excluding hydrogens is 431 g/mol. The van der Waals surface area contributed by atoms with Crippen molar-refractivity contribution in [2.45, 2.75) is 40.3 Å². The van der Waals surface area contributed by atoms with Crippen molar-refractivity contribution in [1.29, 1.82) is 0 Å². The van der Waals surface area contributed by atoms with Gasteiger partial charge in [-0.15, -0.1) is 24.0 Å². The van der Waals surface area contributed by atoms with Gasteiger partial charge in [0, 0.05) is 25.8 Å². The SMILES string of the molecule is CCNC(=NCc1cccc(C(N)=O)c1)NCC(OC)C(C)(C)C.I. The van der Waals surface area contributed by atoms with Crippen molar-refractivity contribution in [1.82, 2.24) is 10.6 Å². The lowest BCUT2D eigenvalue weighted by Crippen LogP contribution is -2.45. The largest absolute Gasteiger partial charge is 0.379 e. The molecule has 1 aromatic rings. The quantitative estimate of drug-likeness (QED) is 0.330. The number of aliphatic imine (C=N–C) groups is 1. The number of guanidine groups is 1. The van der Waals surface area contributed by atoms with Crippen LogP contribution in [0, 0.1) is 5.41 Å². The molecule has 1 amide bonds. The zero-order chi connectivity index (χ0) is 18.2. The molecule has 0 saturated carbocycles. The van der Waals surface area contributed by atoms with Gasteiger partial charge >= 0.3 is 0 Å². The van der Waals surface area contributed by atoms with Crippen molar-refractivity contribution in [3.05, 3.63) is 35.4 Å². The Morgan fingerprint density at radius 2 is 2.00 bits per heavy atom. The molecule has 25 heavy (non-hydrogen) atoms. The zero-order valence-electron chi connectivity index (χ0n) is 15.8. The standard InChI is InChI=1S/C18H30N4O2.HI/c1-6-20-17(22-12-15(24-5)18(2,3)4)21-11-13-8-7-9-14(10-13)16(19)23;/h7-10,15H,6,11-12H2,1-5H3,(H2,19,23)(H2,20,21,22);1H. The van der Waals surface area contributed by atoms with E-state index in [1.807, 2.05) is 19.1 Å². The van der Waals surface area contributed by atoms with Crippen LogP contribution in [0.2, 0.25) is 0 Å². The molecule has 0 bridgehead atoms. The van der Waals surface area contributed by atoms with Crippen LogP contribution < -0.4 is 16.4 Å². The van der Waals surface area contributed by atoms with Crippen LogP contribution in [-0.2, 0) is 11.3 Å². The number of nitrogens with one attached hydrogen (secondary N) is 2. The second kappa shape index (κ2) is 11.3. The van der Waals surface area contributed by atoms with Crippen LogP contribution in [0.15, 0.2) is 29.3 Å². The highest BCUT2D eigenvalue weighted by atomic mass is 127. The molecule has 0 radical (unpaired) electrons. The van der Waals surface area contributed by atoms with Gasteiger partial charge in [-0.3, -0.25) is 4.79 Å². The first-order valence-electron chi connectivity index (χ1n) is 8.21. The van der Waals surface area contributed by atoms with Gasteiger partial charge in [-0.05, 0) is 30.0 Å². The van der Waals surface area contributed by atoms with Crippen LogP contribution in [-0.4, -0.2) is 38.2 Å². The molecule has 0 aliphatic rings. The van der Waals surface area contributed by atoms with Crippen LogP contribution in [0.4, 0.5) is 0 Å². The summed E-state index contributed by atoms with van der Waals surface area (Å²) in [4.78, 5) is 15.8. The van der Waals surface area contributed by atoms with Crippen LogP contribution in [0.3, 0.4) is 0 Å². The molecule has 0 aliphatic heterocycles. The van der Waals surface area contributed by atoms with Gasteiger partial charge in [-0.1, -0.05) is 32.9 Å². The summed E-state index contributed by atoms with van der Waals surface area (Å²) in [6.07, 6.45) is 0.0690.